The Morgan fingerprint density at radius 2 is 1.61 bits per heavy atom. The number of para-hydroxylation sites is 1. The van der Waals surface area contributed by atoms with Gasteiger partial charge in [-0.1, -0.05) is 24.3 Å². The first kappa shape index (κ1) is 17.0. The van der Waals surface area contributed by atoms with E-state index in [-0.39, 0.29) is 5.82 Å². The van der Waals surface area contributed by atoms with Crippen molar-refractivity contribution >= 4 is 59.8 Å². The van der Waals surface area contributed by atoms with Crippen LogP contribution >= 0.6 is 0 Å². The number of aryl methyl sites for hydroxylation is 3. The molecule has 0 amide bonds. The summed E-state index contributed by atoms with van der Waals surface area (Å²) in [6, 6.07) is 20.4. The quantitative estimate of drug-likeness (QED) is 0.151. The summed E-state index contributed by atoms with van der Waals surface area (Å²) in [7, 11) is 2.12. The van der Waals surface area contributed by atoms with Gasteiger partial charge in [-0.25, -0.2) is 8.96 Å². The number of halogens is 1. The van der Waals surface area contributed by atoms with Crippen molar-refractivity contribution in [1.82, 2.24) is 4.40 Å². The van der Waals surface area contributed by atoms with E-state index < -0.39 is 0 Å². The summed E-state index contributed by atoms with van der Waals surface area (Å²) in [6.45, 7) is 4.43. The number of benzene rings is 4. The Morgan fingerprint density at radius 3 is 2.48 bits per heavy atom. The summed E-state index contributed by atoms with van der Waals surface area (Å²) in [6.07, 6.45) is 2.14. The Hall–Kier alpha value is -3.72. The summed E-state index contributed by atoms with van der Waals surface area (Å²) >= 11 is 0. The van der Waals surface area contributed by atoms with E-state index in [2.05, 4.69) is 78.5 Å². The number of hydrogen-bond donors (Lipinski definition) is 0. The Balaban J connectivity index is 1.98. The van der Waals surface area contributed by atoms with Crippen LogP contribution < -0.4 is 4.57 Å². The topological polar surface area (TPSA) is 8.29 Å². The molecule has 3 aromatic heterocycles. The minimum Gasteiger partial charge on any atom is -0.307 e. The molecule has 148 valence electrons. The van der Waals surface area contributed by atoms with Gasteiger partial charge in [0.05, 0.1) is 27.3 Å². The molecule has 3 heterocycles. The van der Waals surface area contributed by atoms with Crippen molar-refractivity contribution in [2.75, 3.05) is 0 Å². The van der Waals surface area contributed by atoms with Gasteiger partial charge in [-0.3, -0.25) is 0 Å². The molecule has 7 rings (SSSR count). The molecule has 0 aliphatic carbocycles. The van der Waals surface area contributed by atoms with Gasteiger partial charge in [-0.15, -0.1) is 0 Å². The molecule has 3 heteroatoms. The maximum absolute atomic E-state index is 14.2. The van der Waals surface area contributed by atoms with Gasteiger partial charge in [0.15, 0.2) is 6.20 Å². The van der Waals surface area contributed by atoms with Crippen LogP contribution in [0.4, 0.5) is 4.39 Å². The highest BCUT2D eigenvalue weighted by molar-refractivity contribution is 6.29. The van der Waals surface area contributed by atoms with Crippen molar-refractivity contribution in [2.24, 2.45) is 7.05 Å². The van der Waals surface area contributed by atoms with Crippen LogP contribution in [0, 0.1) is 19.7 Å². The fourth-order valence-electron chi connectivity index (χ4n) is 5.62. The van der Waals surface area contributed by atoms with Crippen LogP contribution in [0.15, 0.2) is 66.9 Å². The van der Waals surface area contributed by atoms with Crippen LogP contribution in [0.2, 0.25) is 0 Å². The molecule has 0 saturated carbocycles. The fraction of sp³-hybridized carbons (Fsp3) is 0.107. The van der Waals surface area contributed by atoms with Crippen LogP contribution in [0.1, 0.15) is 11.1 Å². The van der Waals surface area contributed by atoms with E-state index in [0.717, 1.165) is 21.7 Å². The second kappa shape index (κ2) is 5.50. The smallest absolute Gasteiger partial charge is 0.224 e. The fourth-order valence-corrected chi connectivity index (χ4v) is 5.62. The first-order valence-corrected chi connectivity index (χ1v) is 10.6. The van der Waals surface area contributed by atoms with E-state index in [1.54, 1.807) is 12.1 Å². The average molecular weight is 403 g/mol. The van der Waals surface area contributed by atoms with Crippen LogP contribution in [0.5, 0.6) is 0 Å². The maximum atomic E-state index is 14.2. The van der Waals surface area contributed by atoms with E-state index in [4.69, 9.17) is 0 Å². The first-order chi connectivity index (χ1) is 15.0. The second-order valence-electron chi connectivity index (χ2n) is 8.77. The van der Waals surface area contributed by atoms with Crippen molar-refractivity contribution in [3.8, 4) is 0 Å². The molecule has 0 aliphatic heterocycles. The SMILES string of the molecule is Cc1cc2c3ccccc3n3c4cc5cc(F)ccc5c5cc[n+](C)c(c(c1C)c23)c54. The number of hydrogen-bond acceptors (Lipinski definition) is 0. The molecule has 7 aromatic rings. The molecule has 0 spiro atoms. The van der Waals surface area contributed by atoms with Crippen molar-refractivity contribution < 1.29 is 8.96 Å². The summed E-state index contributed by atoms with van der Waals surface area (Å²) in [5.41, 5.74) is 7.41. The summed E-state index contributed by atoms with van der Waals surface area (Å²) < 4.78 is 18.8. The van der Waals surface area contributed by atoms with Gasteiger partial charge >= 0.3 is 0 Å². The lowest BCUT2D eigenvalue weighted by Crippen LogP contribution is -2.29. The predicted octanol–water partition coefficient (Wildman–Crippen LogP) is 6.72. The van der Waals surface area contributed by atoms with E-state index in [1.165, 1.54) is 49.2 Å². The molecular formula is C28H20FN2+. The average Bonchev–Trinajstić information content (AvgIpc) is 3.09. The first-order valence-electron chi connectivity index (χ1n) is 10.6. The maximum Gasteiger partial charge on any atom is 0.224 e. The van der Waals surface area contributed by atoms with Gasteiger partial charge in [0, 0.05) is 22.2 Å². The number of fused-ring (bicyclic) bond motifs is 7. The van der Waals surface area contributed by atoms with Gasteiger partial charge < -0.3 is 4.40 Å². The lowest BCUT2D eigenvalue weighted by atomic mass is 9.94. The summed E-state index contributed by atoms with van der Waals surface area (Å²) in [4.78, 5) is 0. The molecule has 0 N–H and O–H groups in total. The van der Waals surface area contributed by atoms with E-state index in [1.807, 2.05) is 6.07 Å². The van der Waals surface area contributed by atoms with Crippen LogP contribution in [-0.4, -0.2) is 4.40 Å². The number of aromatic nitrogens is 2. The molecule has 0 bridgehead atoms. The molecule has 0 fully saturated rings. The van der Waals surface area contributed by atoms with Crippen molar-refractivity contribution in [2.45, 2.75) is 13.8 Å². The van der Waals surface area contributed by atoms with E-state index >= 15 is 0 Å². The van der Waals surface area contributed by atoms with Crippen molar-refractivity contribution in [3.63, 3.8) is 0 Å². The Morgan fingerprint density at radius 1 is 0.774 bits per heavy atom. The number of rotatable bonds is 0. The summed E-state index contributed by atoms with van der Waals surface area (Å²) in [5, 5.41) is 8.24. The zero-order valence-corrected chi connectivity index (χ0v) is 17.6. The number of pyridine rings is 2. The third-order valence-corrected chi connectivity index (χ3v) is 7.13. The highest BCUT2D eigenvalue weighted by atomic mass is 19.1. The van der Waals surface area contributed by atoms with Crippen molar-refractivity contribution in [3.05, 3.63) is 83.8 Å². The zero-order chi connectivity index (χ0) is 21.0. The lowest BCUT2D eigenvalue weighted by molar-refractivity contribution is -0.643. The predicted molar refractivity (Wildman–Crippen MR) is 127 cm³/mol. The van der Waals surface area contributed by atoms with Crippen LogP contribution in [0.3, 0.4) is 0 Å². The highest BCUT2D eigenvalue weighted by Crippen LogP contribution is 2.43. The Labute approximate surface area is 178 Å². The third kappa shape index (κ3) is 1.94. The van der Waals surface area contributed by atoms with Gasteiger partial charge in [0.25, 0.3) is 0 Å². The normalized spacial score (nSPS) is 12.5. The highest BCUT2D eigenvalue weighted by Gasteiger charge is 2.25. The second-order valence-corrected chi connectivity index (χ2v) is 8.77. The number of nitrogens with zero attached hydrogens (tertiary/aromatic N) is 2. The molecule has 0 saturated heterocycles. The standard InChI is InChI=1S/C28H20FN2/c1-15-12-22-20-6-4-5-7-23(20)31-24-14-17-13-18(29)8-9-19(17)21-10-11-30(3)28(26(21)24)25(16(15)2)27(22)31/h4-14H,1-3H3/q+1. The minimum absolute atomic E-state index is 0.203. The summed E-state index contributed by atoms with van der Waals surface area (Å²) in [5.74, 6) is -0.203. The van der Waals surface area contributed by atoms with Crippen LogP contribution in [-0.2, 0) is 7.05 Å². The van der Waals surface area contributed by atoms with Crippen molar-refractivity contribution in [1.29, 1.82) is 0 Å². The van der Waals surface area contributed by atoms with E-state index in [9.17, 15) is 4.39 Å². The lowest BCUT2D eigenvalue weighted by Gasteiger charge is -2.15. The molecule has 4 aromatic carbocycles. The monoisotopic (exact) mass is 403 g/mol. The Bertz CT molecular complexity index is 1870. The zero-order valence-electron chi connectivity index (χ0n) is 17.6. The Kier molecular flexibility index (Phi) is 3.02. The minimum atomic E-state index is -0.203. The van der Waals surface area contributed by atoms with E-state index in [0.29, 0.717) is 0 Å². The molecular weight excluding hydrogens is 383 g/mol. The van der Waals surface area contributed by atoms with Crippen LogP contribution in [0.25, 0.3) is 59.8 Å². The van der Waals surface area contributed by atoms with Gasteiger partial charge in [0.1, 0.15) is 12.9 Å². The molecule has 0 aliphatic rings. The largest absolute Gasteiger partial charge is 0.307 e. The van der Waals surface area contributed by atoms with Gasteiger partial charge in [0.2, 0.25) is 5.52 Å². The molecule has 2 nitrogen and oxygen atoms in total. The third-order valence-electron chi connectivity index (χ3n) is 7.13. The molecule has 31 heavy (non-hydrogen) atoms. The molecule has 0 radical (unpaired) electrons. The van der Waals surface area contributed by atoms with Gasteiger partial charge in [-0.2, -0.15) is 0 Å². The van der Waals surface area contributed by atoms with Gasteiger partial charge in [-0.05, 0) is 66.1 Å². The molecule has 0 unspecified atom stereocenters. The molecule has 0 atom stereocenters.